The van der Waals surface area contributed by atoms with Crippen molar-refractivity contribution in [1.82, 2.24) is 0 Å². The molecule has 0 aromatic heterocycles. The number of hydrogen-bond acceptors (Lipinski definition) is 4. The van der Waals surface area contributed by atoms with Gasteiger partial charge in [-0.15, -0.1) is 0 Å². The van der Waals surface area contributed by atoms with Crippen molar-refractivity contribution in [3.05, 3.63) is 55.6 Å². The second-order valence-electron chi connectivity index (χ2n) is 4.03. The maximum Gasteiger partial charge on any atom is 0.174 e. The third kappa shape index (κ3) is 5.42. The van der Waals surface area contributed by atoms with Gasteiger partial charge in [0.25, 0.3) is 0 Å². The highest BCUT2D eigenvalue weighted by Gasteiger charge is 2.09. The molecule has 2 aromatic carbocycles. The fourth-order valence-corrected chi connectivity index (χ4v) is 2.85. The van der Waals surface area contributed by atoms with Gasteiger partial charge in [0.2, 0.25) is 0 Å². The van der Waals surface area contributed by atoms with E-state index in [1.807, 2.05) is 12.1 Å². The molecule has 0 unspecified atom stereocenters. The predicted octanol–water partition coefficient (Wildman–Crippen LogP) is 4.38. The highest BCUT2D eigenvalue weighted by atomic mass is 127. The molecule has 6 heteroatoms. The van der Waals surface area contributed by atoms with Crippen LogP contribution < -0.4 is 9.47 Å². The summed E-state index contributed by atoms with van der Waals surface area (Å²) in [4.78, 5) is 20.7. The summed E-state index contributed by atoms with van der Waals surface area (Å²) in [5.74, 6) is 1.24. The average Bonchev–Trinajstić information content (AvgIpc) is 2.54. The van der Waals surface area contributed by atoms with Gasteiger partial charge < -0.3 is 9.47 Å². The molecular weight excluding hydrogens is 463 g/mol. The van der Waals surface area contributed by atoms with Gasteiger partial charge in [0, 0.05) is 15.6 Å². The van der Waals surface area contributed by atoms with Gasteiger partial charge in [-0.3, -0.25) is 9.59 Å². The first-order chi connectivity index (χ1) is 10.5. The largest absolute Gasteiger partial charge is 0.493 e. The Morgan fingerprint density at radius 1 is 1.00 bits per heavy atom. The lowest BCUT2D eigenvalue weighted by Crippen LogP contribution is -1.94. The zero-order valence-corrected chi connectivity index (χ0v) is 15.8. The molecule has 0 aliphatic carbocycles. The molecule has 2 aromatic rings. The number of aldehydes is 2. The van der Waals surface area contributed by atoms with Crippen molar-refractivity contribution in [3.8, 4) is 11.5 Å². The smallest absolute Gasteiger partial charge is 0.174 e. The number of rotatable bonds is 4. The number of carbonyl (C=O) groups excluding carboxylic acids is 2. The highest BCUT2D eigenvalue weighted by molar-refractivity contribution is 14.1. The van der Waals surface area contributed by atoms with Gasteiger partial charge >= 0.3 is 0 Å². The summed E-state index contributed by atoms with van der Waals surface area (Å²) < 4.78 is 12.0. The van der Waals surface area contributed by atoms with Crippen LogP contribution >= 0.6 is 38.5 Å². The van der Waals surface area contributed by atoms with E-state index in [4.69, 9.17) is 9.47 Å². The Morgan fingerprint density at radius 3 is 2.14 bits per heavy atom. The molecule has 0 aliphatic rings. The Hall–Kier alpha value is -1.41. The quantitative estimate of drug-likeness (QED) is 0.485. The van der Waals surface area contributed by atoms with E-state index in [1.54, 1.807) is 38.5 Å². The van der Waals surface area contributed by atoms with Crippen LogP contribution in [-0.4, -0.2) is 26.8 Å². The summed E-state index contributed by atoms with van der Waals surface area (Å²) in [6, 6.07) is 10.6. The van der Waals surface area contributed by atoms with Crippen molar-refractivity contribution in [2.45, 2.75) is 0 Å². The van der Waals surface area contributed by atoms with Gasteiger partial charge in [-0.05, 0) is 46.9 Å². The Labute approximate surface area is 151 Å². The van der Waals surface area contributed by atoms with Crippen molar-refractivity contribution in [3.63, 3.8) is 0 Å². The molecule has 0 saturated carbocycles. The first kappa shape index (κ1) is 18.6. The van der Waals surface area contributed by atoms with Gasteiger partial charge in [0.1, 0.15) is 12.6 Å². The fourth-order valence-electron chi connectivity index (χ4n) is 1.59. The zero-order valence-electron chi connectivity index (χ0n) is 12.0. The zero-order chi connectivity index (χ0) is 16.5. The van der Waals surface area contributed by atoms with E-state index >= 15 is 0 Å². The molecule has 0 bridgehead atoms. The Balaban J connectivity index is 0.000000235. The molecule has 0 atom stereocenters. The number of methoxy groups -OCH3 is 2. The first-order valence-electron chi connectivity index (χ1n) is 6.13. The number of hydrogen-bond donors (Lipinski definition) is 0. The van der Waals surface area contributed by atoms with Crippen LogP contribution in [0.4, 0.5) is 0 Å². The summed E-state index contributed by atoms with van der Waals surface area (Å²) >= 11 is 5.34. The monoisotopic (exact) mass is 476 g/mol. The van der Waals surface area contributed by atoms with Crippen LogP contribution in [0, 0.1) is 3.57 Å². The minimum Gasteiger partial charge on any atom is -0.493 e. The lowest BCUT2D eigenvalue weighted by Gasteiger charge is -2.09. The molecule has 0 fully saturated rings. The van der Waals surface area contributed by atoms with Gasteiger partial charge in [-0.1, -0.05) is 28.1 Å². The van der Waals surface area contributed by atoms with E-state index < -0.39 is 0 Å². The number of ether oxygens (including phenoxy) is 2. The lowest BCUT2D eigenvalue weighted by atomic mass is 10.2. The molecule has 116 valence electrons. The minimum absolute atomic E-state index is 0.580. The van der Waals surface area contributed by atoms with Crippen molar-refractivity contribution < 1.29 is 19.1 Å². The van der Waals surface area contributed by atoms with Gasteiger partial charge in [-0.2, -0.15) is 0 Å². The summed E-state index contributed by atoms with van der Waals surface area (Å²) in [6.45, 7) is 0. The van der Waals surface area contributed by atoms with E-state index in [-0.39, 0.29) is 0 Å². The van der Waals surface area contributed by atoms with Crippen LogP contribution in [0.25, 0.3) is 0 Å². The standard InChI is InChI=1S/C9H9IO3.C7H5BrO/c1-12-8-4-6(5-11)3-7(10)9(8)13-2;8-7-3-1-2-6(4-7)5-9/h3-5H,1-2H3;1-5H. The molecule has 0 saturated heterocycles. The van der Waals surface area contributed by atoms with Crippen molar-refractivity contribution in [2.75, 3.05) is 14.2 Å². The normalized spacial score (nSPS) is 9.27. The third-order valence-corrected chi connectivity index (χ3v) is 3.87. The van der Waals surface area contributed by atoms with Crippen LogP contribution in [0.3, 0.4) is 0 Å². The van der Waals surface area contributed by atoms with Crippen molar-refractivity contribution in [1.29, 1.82) is 0 Å². The van der Waals surface area contributed by atoms with Crippen LogP contribution in [0.1, 0.15) is 20.7 Å². The summed E-state index contributed by atoms with van der Waals surface area (Å²) in [5, 5.41) is 0. The van der Waals surface area contributed by atoms with Crippen molar-refractivity contribution in [2.24, 2.45) is 0 Å². The van der Waals surface area contributed by atoms with E-state index in [2.05, 4.69) is 38.5 Å². The maximum atomic E-state index is 10.5. The van der Waals surface area contributed by atoms with E-state index in [0.29, 0.717) is 22.6 Å². The van der Waals surface area contributed by atoms with Crippen LogP contribution in [0.5, 0.6) is 11.5 Å². The summed E-state index contributed by atoms with van der Waals surface area (Å²) in [6.07, 6.45) is 1.61. The predicted molar refractivity (Wildman–Crippen MR) is 97.2 cm³/mol. The van der Waals surface area contributed by atoms with Gasteiger partial charge in [0.15, 0.2) is 11.5 Å². The van der Waals surface area contributed by atoms with E-state index in [1.165, 1.54) is 0 Å². The molecule has 0 spiro atoms. The summed E-state index contributed by atoms with van der Waals surface area (Å²) in [5.41, 5.74) is 1.28. The fraction of sp³-hybridized carbons (Fsp3) is 0.125. The number of benzene rings is 2. The SMILES string of the molecule is COc1cc(C=O)cc(I)c1OC.O=Cc1cccc(Br)c1. The highest BCUT2D eigenvalue weighted by Crippen LogP contribution is 2.32. The molecule has 4 nitrogen and oxygen atoms in total. The lowest BCUT2D eigenvalue weighted by molar-refractivity contribution is 0.111. The summed E-state index contributed by atoms with van der Waals surface area (Å²) in [7, 11) is 3.11. The average molecular weight is 477 g/mol. The van der Waals surface area contributed by atoms with Gasteiger partial charge in [-0.25, -0.2) is 0 Å². The van der Waals surface area contributed by atoms with E-state index in [9.17, 15) is 9.59 Å². The molecule has 22 heavy (non-hydrogen) atoms. The van der Waals surface area contributed by atoms with Crippen molar-refractivity contribution >= 4 is 51.1 Å². The van der Waals surface area contributed by atoms with Crippen LogP contribution in [0.2, 0.25) is 0 Å². The third-order valence-electron chi connectivity index (χ3n) is 2.58. The minimum atomic E-state index is 0.580. The topological polar surface area (TPSA) is 52.6 Å². The molecule has 0 amide bonds. The Kier molecular flexibility index (Phi) is 8.11. The first-order valence-corrected chi connectivity index (χ1v) is 8.00. The molecule has 0 N–H and O–H groups in total. The van der Waals surface area contributed by atoms with Gasteiger partial charge in [0.05, 0.1) is 17.8 Å². The molecular formula is C16H14BrIO4. The Bertz CT molecular complexity index is 659. The molecule has 2 rings (SSSR count). The maximum absolute atomic E-state index is 10.5. The van der Waals surface area contributed by atoms with Crippen LogP contribution in [0.15, 0.2) is 40.9 Å². The number of carbonyl (C=O) groups is 2. The molecule has 0 radical (unpaired) electrons. The second kappa shape index (κ2) is 9.58. The second-order valence-corrected chi connectivity index (χ2v) is 6.11. The molecule has 0 aliphatic heterocycles. The van der Waals surface area contributed by atoms with Crippen LogP contribution in [-0.2, 0) is 0 Å². The van der Waals surface area contributed by atoms with E-state index in [0.717, 1.165) is 20.6 Å². The number of halogens is 2. The Morgan fingerprint density at radius 2 is 1.68 bits per heavy atom. The molecule has 0 heterocycles.